The van der Waals surface area contributed by atoms with Gasteiger partial charge in [0.25, 0.3) is 0 Å². The van der Waals surface area contributed by atoms with Gasteiger partial charge >= 0.3 is 0 Å². The van der Waals surface area contributed by atoms with Crippen LogP contribution in [0.15, 0.2) is 12.7 Å². The van der Waals surface area contributed by atoms with E-state index in [1.807, 2.05) is 13.0 Å². The van der Waals surface area contributed by atoms with Crippen LogP contribution >= 0.6 is 11.8 Å². The van der Waals surface area contributed by atoms with Gasteiger partial charge in [-0.15, -0.1) is 6.58 Å². The Morgan fingerprint density at radius 3 is 2.71 bits per heavy atom. The molecule has 84 valence electrons. The normalized spacial score (nSPS) is 13.9. The predicted octanol–water partition coefficient (Wildman–Crippen LogP) is 0.928. The van der Waals surface area contributed by atoms with Crippen LogP contribution in [0.4, 0.5) is 0 Å². The minimum atomic E-state index is -2.86. The van der Waals surface area contributed by atoms with Gasteiger partial charge in [0.2, 0.25) is 0 Å². The van der Waals surface area contributed by atoms with E-state index in [9.17, 15) is 8.42 Å². The molecule has 0 aliphatic heterocycles. The number of thioether (sulfide) groups is 1. The van der Waals surface area contributed by atoms with Gasteiger partial charge in [-0.05, 0) is 6.92 Å². The summed E-state index contributed by atoms with van der Waals surface area (Å²) in [5.74, 6) is 2.14. The maximum absolute atomic E-state index is 10.9. The van der Waals surface area contributed by atoms with Crippen LogP contribution in [-0.2, 0) is 9.84 Å². The third-order valence-electron chi connectivity index (χ3n) is 1.53. The lowest BCUT2D eigenvalue weighted by molar-refractivity contribution is 0.572. The van der Waals surface area contributed by atoms with Crippen LogP contribution in [0.3, 0.4) is 0 Å². The molecule has 0 rings (SSSR count). The van der Waals surface area contributed by atoms with Crippen molar-refractivity contribution in [2.24, 2.45) is 0 Å². The zero-order valence-corrected chi connectivity index (χ0v) is 10.5. The molecule has 0 bridgehead atoms. The molecule has 5 heteroatoms. The van der Waals surface area contributed by atoms with Crippen molar-refractivity contribution in [3.05, 3.63) is 12.7 Å². The zero-order chi connectivity index (χ0) is 11.0. The van der Waals surface area contributed by atoms with Crippen LogP contribution in [0.25, 0.3) is 0 Å². The lowest BCUT2D eigenvalue weighted by Gasteiger charge is -2.11. The molecular weight excluding hydrogens is 218 g/mol. The monoisotopic (exact) mass is 237 g/mol. The molecule has 0 saturated heterocycles. The fourth-order valence-electron chi connectivity index (χ4n) is 1.06. The Balaban J connectivity index is 3.45. The van der Waals surface area contributed by atoms with Gasteiger partial charge in [-0.3, -0.25) is 0 Å². The standard InChI is InChI=1S/C9H19NO2S2/c1-4-6-13-7-5-10-9(2)8-14(3,11)12/h4,9-10H,1,5-8H2,2-3H3. The number of rotatable bonds is 8. The van der Waals surface area contributed by atoms with Gasteiger partial charge in [-0.2, -0.15) is 11.8 Å². The van der Waals surface area contributed by atoms with Crippen molar-refractivity contribution in [3.63, 3.8) is 0 Å². The topological polar surface area (TPSA) is 46.2 Å². The first-order chi connectivity index (χ1) is 6.45. The molecule has 3 nitrogen and oxygen atoms in total. The summed E-state index contributed by atoms with van der Waals surface area (Å²) < 4.78 is 21.8. The first-order valence-electron chi connectivity index (χ1n) is 4.55. The molecule has 1 unspecified atom stereocenters. The highest BCUT2D eigenvalue weighted by Crippen LogP contribution is 1.98. The minimum Gasteiger partial charge on any atom is -0.312 e. The van der Waals surface area contributed by atoms with E-state index >= 15 is 0 Å². The Morgan fingerprint density at radius 2 is 2.21 bits per heavy atom. The highest BCUT2D eigenvalue weighted by molar-refractivity contribution is 7.99. The van der Waals surface area contributed by atoms with Crippen LogP contribution in [0.5, 0.6) is 0 Å². The second-order valence-corrected chi connectivity index (χ2v) is 6.65. The third kappa shape index (κ3) is 10.1. The number of hydrogen-bond donors (Lipinski definition) is 1. The van der Waals surface area contributed by atoms with Crippen LogP contribution in [-0.4, -0.2) is 44.5 Å². The van der Waals surface area contributed by atoms with E-state index in [0.29, 0.717) is 0 Å². The Morgan fingerprint density at radius 1 is 1.57 bits per heavy atom. The third-order valence-corrected chi connectivity index (χ3v) is 3.60. The van der Waals surface area contributed by atoms with Crippen molar-refractivity contribution in [3.8, 4) is 0 Å². The lowest BCUT2D eigenvalue weighted by Crippen LogP contribution is -2.34. The van der Waals surface area contributed by atoms with Gasteiger partial charge in [-0.1, -0.05) is 6.08 Å². The number of nitrogens with one attached hydrogen (secondary N) is 1. The highest BCUT2D eigenvalue weighted by Gasteiger charge is 2.08. The van der Waals surface area contributed by atoms with Crippen molar-refractivity contribution < 1.29 is 8.42 Å². The maximum atomic E-state index is 10.9. The van der Waals surface area contributed by atoms with E-state index in [1.54, 1.807) is 11.8 Å². The van der Waals surface area contributed by atoms with E-state index in [-0.39, 0.29) is 11.8 Å². The summed E-state index contributed by atoms with van der Waals surface area (Å²) in [6.45, 7) is 6.35. The van der Waals surface area contributed by atoms with Crippen molar-refractivity contribution >= 4 is 21.6 Å². The van der Waals surface area contributed by atoms with Gasteiger partial charge < -0.3 is 5.32 Å². The summed E-state index contributed by atoms with van der Waals surface area (Å²) in [7, 11) is -2.86. The van der Waals surface area contributed by atoms with Gasteiger partial charge in [-0.25, -0.2) is 8.42 Å². The fourth-order valence-corrected chi connectivity index (χ4v) is 2.68. The van der Waals surface area contributed by atoms with Crippen LogP contribution in [0.1, 0.15) is 6.92 Å². The van der Waals surface area contributed by atoms with Crippen LogP contribution in [0.2, 0.25) is 0 Å². The first kappa shape index (κ1) is 14.0. The summed E-state index contributed by atoms with van der Waals surface area (Å²) in [4.78, 5) is 0. The predicted molar refractivity (Wildman–Crippen MR) is 64.7 cm³/mol. The Bertz CT molecular complexity index is 250. The second-order valence-electron chi connectivity index (χ2n) is 3.31. The van der Waals surface area contributed by atoms with E-state index < -0.39 is 9.84 Å². The van der Waals surface area contributed by atoms with Gasteiger partial charge in [0.1, 0.15) is 9.84 Å². The van der Waals surface area contributed by atoms with Crippen LogP contribution in [0, 0.1) is 0 Å². The molecule has 0 aromatic rings. The number of hydrogen-bond acceptors (Lipinski definition) is 4. The maximum Gasteiger partial charge on any atom is 0.148 e. The molecule has 0 aliphatic carbocycles. The average molecular weight is 237 g/mol. The molecule has 0 saturated carbocycles. The van der Waals surface area contributed by atoms with Crippen molar-refractivity contribution in [2.75, 3.05) is 30.1 Å². The minimum absolute atomic E-state index is 0.0364. The van der Waals surface area contributed by atoms with Gasteiger partial charge in [0, 0.05) is 30.3 Å². The molecule has 1 atom stereocenters. The Hall–Kier alpha value is -0.0000000000000000555. The molecule has 0 aromatic heterocycles. The van der Waals surface area contributed by atoms with E-state index in [1.165, 1.54) is 6.26 Å². The van der Waals surface area contributed by atoms with E-state index in [2.05, 4.69) is 11.9 Å². The van der Waals surface area contributed by atoms with E-state index in [0.717, 1.165) is 18.1 Å². The molecule has 0 spiro atoms. The molecule has 0 radical (unpaired) electrons. The summed E-state index contributed by atoms with van der Waals surface area (Å²) in [6, 6.07) is 0.0364. The van der Waals surface area contributed by atoms with Crippen LogP contribution < -0.4 is 5.32 Å². The smallest absolute Gasteiger partial charge is 0.148 e. The summed E-state index contributed by atoms with van der Waals surface area (Å²) in [6.07, 6.45) is 3.13. The lowest BCUT2D eigenvalue weighted by atomic mass is 10.4. The summed E-state index contributed by atoms with van der Waals surface area (Å²) in [5.41, 5.74) is 0. The Labute approximate surface area is 91.3 Å². The van der Waals surface area contributed by atoms with E-state index in [4.69, 9.17) is 0 Å². The molecule has 1 N–H and O–H groups in total. The first-order valence-corrected chi connectivity index (χ1v) is 7.77. The average Bonchev–Trinajstić information content (AvgIpc) is 2.00. The number of sulfone groups is 1. The SMILES string of the molecule is C=CCSCCNC(C)CS(C)(=O)=O. The van der Waals surface area contributed by atoms with Gasteiger partial charge in [0.15, 0.2) is 0 Å². The quantitative estimate of drug-likeness (QED) is 0.504. The molecule has 0 fully saturated rings. The van der Waals surface area contributed by atoms with Crippen molar-refractivity contribution in [2.45, 2.75) is 13.0 Å². The summed E-state index contributed by atoms with van der Waals surface area (Å²) >= 11 is 1.78. The molecular formula is C9H19NO2S2. The molecule has 0 aromatic carbocycles. The highest BCUT2D eigenvalue weighted by atomic mass is 32.2. The second kappa shape index (κ2) is 7.31. The van der Waals surface area contributed by atoms with Crippen molar-refractivity contribution in [1.82, 2.24) is 5.32 Å². The van der Waals surface area contributed by atoms with Crippen molar-refractivity contribution in [1.29, 1.82) is 0 Å². The molecule has 14 heavy (non-hydrogen) atoms. The summed E-state index contributed by atoms with van der Waals surface area (Å²) in [5, 5.41) is 3.16. The largest absolute Gasteiger partial charge is 0.312 e. The Kier molecular flexibility index (Phi) is 7.31. The van der Waals surface area contributed by atoms with Gasteiger partial charge in [0.05, 0.1) is 5.75 Å². The zero-order valence-electron chi connectivity index (χ0n) is 8.82. The molecule has 0 amide bonds. The molecule has 0 aliphatic rings. The fraction of sp³-hybridized carbons (Fsp3) is 0.778. The molecule has 0 heterocycles.